The van der Waals surface area contributed by atoms with Crippen LogP contribution in [0.2, 0.25) is 0 Å². The van der Waals surface area contributed by atoms with Gasteiger partial charge in [0, 0.05) is 11.1 Å². The Morgan fingerprint density at radius 3 is 2.30 bits per heavy atom. The Morgan fingerprint density at radius 2 is 1.53 bits per heavy atom. The monoisotopic (exact) mass is 415 g/mol. The molecule has 0 aliphatic carbocycles. The van der Waals surface area contributed by atoms with Crippen molar-refractivity contribution in [2.75, 3.05) is 11.1 Å². The highest BCUT2D eigenvalue weighted by atomic mass is 32.2. The lowest BCUT2D eigenvalue weighted by Gasteiger charge is -2.10. The number of anilines is 1. The molecule has 0 bridgehead atoms. The third kappa shape index (κ3) is 4.44. The predicted molar refractivity (Wildman–Crippen MR) is 115 cm³/mol. The molecule has 0 saturated heterocycles. The lowest BCUT2D eigenvalue weighted by Crippen LogP contribution is -2.17. The van der Waals surface area contributed by atoms with Crippen molar-refractivity contribution in [1.82, 2.24) is 20.2 Å². The smallest absolute Gasteiger partial charge is 0.234 e. The number of nitrogens with one attached hydrogen (secondary N) is 1. The standard InChI is InChI=1S/C22H17N5O2S/c28-20(15-30-22-24-25-26-27(22)17-11-5-2-6-12-17)23-19-14-8-7-13-18(19)21(29)16-9-3-1-4-10-16/h1-14H,15H2,(H,23,28). The van der Waals surface area contributed by atoms with Crippen molar-refractivity contribution >= 4 is 29.1 Å². The minimum atomic E-state index is -0.254. The third-order valence-electron chi connectivity index (χ3n) is 4.26. The van der Waals surface area contributed by atoms with Gasteiger partial charge in [0.25, 0.3) is 0 Å². The fraction of sp³-hybridized carbons (Fsp3) is 0.0455. The molecule has 0 saturated carbocycles. The van der Waals surface area contributed by atoms with Crippen molar-refractivity contribution in [3.05, 3.63) is 96.1 Å². The molecular weight excluding hydrogens is 398 g/mol. The van der Waals surface area contributed by atoms with Gasteiger partial charge in [-0.15, -0.1) is 5.10 Å². The van der Waals surface area contributed by atoms with Crippen molar-refractivity contribution in [3.63, 3.8) is 0 Å². The maximum Gasteiger partial charge on any atom is 0.234 e. The molecular formula is C22H17N5O2S. The molecule has 4 aromatic rings. The molecule has 7 nitrogen and oxygen atoms in total. The summed E-state index contributed by atoms with van der Waals surface area (Å²) in [5.41, 5.74) is 2.29. The molecule has 0 aliphatic rings. The molecule has 3 aromatic carbocycles. The van der Waals surface area contributed by atoms with E-state index in [4.69, 9.17) is 0 Å². The highest BCUT2D eigenvalue weighted by Gasteiger charge is 2.16. The molecule has 1 heterocycles. The van der Waals surface area contributed by atoms with Gasteiger partial charge in [-0.3, -0.25) is 9.59 Å². The van der Waals surface area contributed by atoms with E-state index in [1.807, 2.05) is 48.5 Å². The topological polar surface area (TPSA) is 89.8 Å². The summed E-state index contributed by atoms with van der Waals surface area (Å²) in [5.74, 6) is -0.302. The number of carbonyl (C=O) groups excluding carboxylic acids is 2. The highest BCUT2D eigenvalue weighted by Crippen LogP contribution is 2.21. The van der Waals surface area contributed by atoms with E-state index in [9.17, 15) is 9.59 Å². The Kier molecular flexibility index (Phi) is 5.95. The number of tetrazole rings is 1. The average Bonchev–Trinajstić information content (AvgIpc) is 3.27. The van der Waals surface area contributed by atoms with Crippen molar-refractivity contribution in [1.29, 1.82) is 0 Å². The molecule has 8 heteroatoms. The summed E-state index contributed by atoms with van der Waals surface area (Å²) in [4.78, 5) is 25.4. The van der Waals surface area contributed by atoms with Crippen LogP contribution in [0.5, 0.6) is 0 Å². The SMILES string of the molecule is O=C(CSc1nnnn1-c1ccccc1)Nc1ccccc1C(=O)c1ccccc1. The maximum absolute atomic E-state index is 12.8. The second kappa shape index (κ2) is 9.15. The van der Waals surface area contributed by atoms with Gasteiger partial charge < -0.3 is 5.32 Å². The average molecular weight is 415 g/mol. The quantitative estimate of drug-likeness (QED) is 0.366. The fourth-order valence-electron chi connectivity index (χ4n) is 2.85. The van der Waals surface area contributed by atoms with Gasteiger partial charge in [-0.05, 0) is 34.7 Å². The number of para-hydroxylation sites is 2. The number of aromatic nitrogens is 4. The number of rotatable bonds is 7. The van der Waals surface area contributed by atoms with Gasteiger partial charge in [0.2, 0.25) is 11.1 Å². The first-order chi connectivity index (χ1) is 14.7. The van der Waals surface area contributed by atoms with Crippen LogP contribution >= 0.6 is 11.8 Å². The van der Waals surface area contributed by atoms with Gasteiger partial charge in [0.15, 0.2) is 5.78 Å². The minimum absolute atomic E-state index is 0.0983. The molecule has 0 fully saturated rings. The molecule has 0 atom stereocenters. The zero-order valence-electron chi connectivity index (χ0n) is 15.8. The molecule has 0 radical (unpaired) electrons. The van der Waals surface area contributed by atoms with Crippen LogP contribution in [0.4, 0.5) is 5.69 Å². The Morgan fingerprint density at radius 1 is 0.867 bits per heavy atom. The summed E-state index contributed by atoms with van der Waals surface area (Å²) in [6.45, 7) is 0. The van der Waals surface area contributed by atoms with Crippen molar-refractivity contribution < 1.29 is 9.59 Å². The Hall–Kier alpha value is -3.78. The van der Waals surface area contributed by atoms with Crippen LogP contribution in [0.3, 0.4) is 0 Å². The van der Waals surface area contributed by atoms with Crippen molar-refractivity contribution in [3.8, 4) is 5.69 Å². The van der Waals surface area contributed by atoms with Gasteiger partial charge in [-0.25, -0.2) is 0 Å². The number of benzene rings is 3. The van der Waals surface area contributed by atoms with Crippen LogP contribution in [-0.2, 0) is 4.79 Å². The van der Waals surface area contributed by atoms with E-state index in [2.05, 4.69) is 20.8 Å². The summed E-state index contributed by atoms with van der Waals surface area (Å²) in [5, 5.41) is 15.0. The Balaban J connectivity index is 1.45. The number of nitrogens with zero attached hydrogens (tertiary/aromatic N) is 4. The first kappa shape index (κ1) is 19.5. The number of hydrogen-bond acceptors (Lipinski definition) is 6. The zero-order chi connectivity index (χ0) is 20.8. The van der Waals surface area contributed by atoms with Crippen LogP contribution in [-0.4, -0.2) is 37.7 Å². The van der Waals surface area contributed by atoms with Crippen molar-refractivity contribution in [2.45, 2.75) is 5.16 Å². The molecule has 1 N–H and O–H groups in total. The van der Waals surface area contributed by atoms with E-state index in [-0.39, 0.29) is 17.4 Å². The molecule has 0 unspecified atom stereocenters. The largest absolute Gasteiger partial charge is 0.325 e. The van der Waals surface area contributed by atoms with Crippen LogP contribution in [0.25, 0.3) is 5.69 Å². The summed E-state index contributed by atoms with van der Waals surface area (Å²) in [7, 11) is 0. The summed E-state index contributed by atoms with van der Waals surface area (Å²) < 4.78 is 1.57. The number of carbonyl (C=O) groups is 2. The molecule has 4 rings (SSSR count). The molecule has 0 aliphatic heterocycles. The first-order valence-corrected chi connectivity index (χ1v) is 10.2. The number of thioether (sulfide) groups is 1. The third-order valence-corrected chi connectivity index (χ3v) is 5.18. The lowest BCUT2D eigenvalue weighted by atomic mass is 10.0. The zero-order valence-corrected chi connectivity index (χ0v) is 16.6. The Bertz CT molecular complexity index is 1160. The van der Waals surface area contributed by atoms with Crippen LogP contribution in [0.1, 0.15) is 15.9 Å². The van der Waals surface area contributed by atoms with Gasteiger partial charge in [-0.2, -0.15) is 4.68 Å². The maximum atomic E-state index is 12.8. The predicted octanol–water partition coefficient (Wildman–Crippen LogP) is 3.62. The van der Waals surface area contributed by atoms with E-state index < -0.39 is 0 Å². The minimum Gasteiger partial charge on any atom is -0.325 e. The van der Waals surface area contributed by atoms with E-state index in [1.54, 1.807) is 41.1 Å². The number of amides is 1. The van der Waals surface area contributed by atoms with E-state index in [0.717, 1.165) is 5.69 Å². The summed E-state index contributed by atoms with van der Waals surface area (Å²) >= 11 is 1.22. The number of ketones is 1. The van der Waals surface area contributed by atoms with Crippen LogP contribution < -0.4 is 5.32 Å². The Labute approximate surface area is 177 Å². The van der Waals surface area contributed by atoms with Crippen LogP contribution in [0.15, 0.2) is 90.1 Å². The number of hydrogen-bond donors (Lipinski definition) is 1. The van der Waals surface area contributed by atoms with Gasteiger partial charge in [0.05, 0.1) is 17.1 Å². The summed E-state index contributed by atoms with van der Waals surface area (Å²) in [6.07, 6.45) is 0. The van der Waals surface area contributed by atoms with E-state index >= 15 is 0 Å². The normalized spacial score (nSPS) is 10.5. The second-order valence-electron chi connectivity index (χ2n) is 6.29. The van der Waals surface area contributed by atoms with Gasteiger partial charge in [-0.1, -0.05) is 72.4 Å². The molecule has 30 heavy (non-hydrogen) atoms. The summed E-state index contributed by atoms with van der Waals surface area (Å²) in [6, 6.07) is 25.4. The van der Waals surface area contributed by atoms with E-state index in [0.29, 0.717) is 22.0 Å². The second-order valence-corrected chi connectivity index (χ2v) is 7.23. The fourth-order valence-corrected chi connectivity index (χ4v) is 3.54. The van der Waals surface area contributed by atoms with Crippen molar-refractivity contribution in [2.24, 2.45) is 0 Å². The molecule has 1 amide bonds. The molecule has 0 spiro atoms. The highest BCUT2D eigenvalue weighted by molar-refractivity contribution is 7.99. The lowest BCUT2D eigenvalue weighted by molar-refractivity contribution is -0.113. The van der Waals surface area contributed by atoms with E-state index in [1.165, 1.54) is 11.8 Å². The molecule has 148 valence electrons. The van der Waals surface area contributed by atoms with Gasteiger partial charge in [0.1, 0.15) is 0 Å². The first-order valence-electron chi connectivity index (χ1n) is 9.17. The molecule has 1 aromatic heterocycles. The van der Waals surface area contributed by atoms with Gasteiger partial charge >= 0.3 is 0 Å². The van der Waals surface area contributed by atoms with Crippen LogP contribution in [0, 0.1) is 0 Å².